The van der Waals surface area contributed by atoms with Crippen LogP contribution in [0.15, 0.2) is 4.90 Å². The molecular formula is C6H4Cl2F2N2O2S. The first-order valence-corrected chi connectivity index (χ1v) is 5.62. The number of primary sulfonamides is 1. The molecule has 0 aliphatic heterocycles. The Bertz CT molecular complexity index is 503. The molecule has 0 radical (unpaired) electrons. The Morgan fingerprint density at radius 1 is 1.07 bits per heavy atom. The zero-order valence-corrected chi connectivity index (χ0v) is 9.22. The molecule has 9 heteroatoms. The summed E-state index contributed by atoms with van der Waals surface area (Å²) in [7, 11) is -4.60. The predicted molar refractivity (Wildman–Crippen MR) is 52.2 cm³/mol. The largest absolute Gasteiger partial charge is 0.396 e. The van der Waals surface area contributed by atoms with Crippen LogP contribution in [0.1, 0.15) is 0 Å². The van der Waals surface area contributed by atoms with E-state index in [1.165, 1.54) is 0 Å². The van der Waals surface area contributed by atoms with E-state index in [2.05, 4.69) is 5.14 Å². The number of nitrogens with two attached hydrogens (primary N) is 2. The number of hydrogen-bond acceptors (Lipinski definition) is 3. The molecule has 84 valence electrons. The monoisotopic (exact) mass is 276 g/mol. The molecule has 0 heterocycles. The summed E-state index contributed by atoms with van der Waals surface area (Å²) in [5.41, 5.74) is 4.53. The van der Waals surface area contributed by atoms with Gasteiger partial charge in [-0.2, -0.15) is 0 Å². The summed E-state index contributed by atoms with van der Waals surface area (Å²) >= 11 is 10.6. The maximum absolute atomic E-state index is 13.2. The van der Waals surface area contributed by atoms with E-state index in [-0.39, 0.29) is 0 Å². The summed E-state index contributed by atoms with van der Waals surface area (Å²) in [6.45, 7) is 0. The summed E-state index contributed by atoms with van der Waals surface area (Å²) in [5.74, 6) is -3.11. The van der Waals surface area contributed by atoms with E-state index in [0.717, 1.165) is 0 Å². The van der Waals surface area contributed by atoms with Crippen molar-refractivity contribution in [1.82, 2.24) is 0 Å². The lowest BCUT2D eigenvalue weighted by molar-refractivity contribution is 0.521. The quantitative estimate of drug-likeness (QED) is 0.602. The third-order valence-electron chi connectivity index (χ3n) is 1.54. The van der Waals surface area contributed by atoms with Crippen LogP contribution in [0.4, 0.5) is 14.5 Å². The normalized spacial score (nSPS) is 11.8. The molecule has 1 rings (SSSR count). The molecule has 0 spiro atoms. The second-order valence-corrected chi connectivity index (χ2v) is 4.80. The second kappa shape index (κ2) is 3.75. The van der Waals surface area contributed by atoms with Gasteiger partial charge in [0.05, 0.1) is 5.69 Å². The van der Waals surface area contributed by atoms with Gasteiger partial charge >= 0.3 is 0 Å². The highest BCUT2D eigenvalue weighted by Crippen LogP contribution is 2.36. The maximum Gasteiger partial charge on any atom is 0.244 e. The van der Waals surface area contributed by atoms with Crippen molar-refractivity contribution < 1.29 is 17.2 Å². The van der Waals surface area contributed by atoms with Gasteiger partial charge in [0, 0.05) is 0 Å². The minimum Gasteiger partial charge on any atom is -0.396 e. The zero-order chi connectivity index (χ0) is 12.0. The molecule has 0 bridgehead atoms. The van der Waals surface area contributed by atoms with E-state index in [4.69, 9.17) is 28.9 Å². The van der Waals surface area contributed by atoms with Crippen molar-refractivity contribution in [3.8, 4) is 0 Å². The third-order valence-corrected chi connectivity index (χ3v) is 3.21. The summed E-state index contributed by atoms with van der Waals surface area (Å²) in [6, 6.07) is 0. The lowest BCUT2D eigenvalue weighted by Gasteiger charge is -2.08. The summed E-state index contributed by atoms with van der Waals surface area (Å²) in [5, 5.41) is 3.01. The van der Waals surface area contributed by atoms with Crippen LogP contribution in [0.5, 0.6) is 0 Å². The van der Waals surface area contributed by atoms with Gasteiger partial charge in [0.1, 0.15) is 10.0 Å². The van der Waals surface area contributed by atoms with Gasteiger partial charge in [0.25, 0.3) is 0 Å². The molecule has 0 atom stereocenters. The highest BCUT2D eigenvalue weighted by Gasteiger charge is 2.28. The Labute approximate surface area is 93.8 Å². The van der Waals surface area contributed by atoms with Crippen LogP contribution in [0.2, 0.25) is 10.0 Å². The van der Waals surface area contributed by atoms with E-state index in [1.807, 2.05) is 0 Å². The standard InChI is InChI=1S/C6H4Cl2F2N2O2S/c7-1-3(9)6(15(12,13)14)4(10)2(8)5(1)11/h11H2,(H2,12,13,14). The molecule has 1 aromatic rings. The van der Waals surface area contributed by atoms with E-state index >= 15 is 0 Å². The molecule has 4 N–H and O–H groups in total. The maximum atomic E-state index is 13.2. The fourth-order valence-corrected chi connectivity index (χ4v) is 2.12. The second-order valence-electron chi connectivity index (χ2n) is 2.54. The highest BCUT2D eigenvalue weighted by atomic mass is 35.5. The smallest absolute Gasteiger partial charge is 0.244 e. The minimum absolute atomic E-state index is 0.583. The molecule has 0 saturated heterocycles. The lowest BCUT2D eigenvalue weighted by Crippen LogP contribution is -2.17. The van der Waals surface area contributed by atoms with Gasteiger partial charge in [-0.25, -0.2) is 22.3 Å². The van der Waals surface area contributed by atoms with Crippen LogP contribution in [0.3, 0.4) is 0 Å². The van der Waals surface area contributed by atoms with Crippen LogP contribution in [0, 0.1) is 11.6 Å². The average Bonchev–Trinajstić information content (AvgIpc) is 2.09. The van der Waals surface area contributed by atoms with Crippen LogP contribution < -0.4 is 10.9 Å². The van der Waals surface area contributed by atoms with Crippen LogP contribution in [-0.2, 0) is 10.0 Å². The summed E-state index contributed by atoms with van der Waals surface area (Å²) < 4.78 is 48.1. The molecular weight excluding hydrogens is 273 g/mol. The Morgan fingerprint density at radius 3 is 1.67 bits per heavy atom. The first kappa shape index (κ1) is 12.4. The SMILES string of the molecule is Nc1c(Cl)c(F)c(S(N)(=O)=O)c(F)c1Cl. The number of rotatable bonds is 1. The Hall–Kier alpha value is -0.630. The molecule has 0 unspecified atom stereocenters. The number of anilines is 1. The Morgan fingerprint density at radius 2 is 1.40 bits per heavy atom. The topological polar surface area (TPSA) is 86.2 Å². The van der Waals surface area contributed by atoms with Crippen LogP contribution in [-0.4, -0.2) is 8.42 Å². The molecule has 0 saturated carbocycles. The molecule has 15 heavy (non-hydrogen) atoms. The number of sulfonamides is 1. The van der Waals surface area contributed by atoms with Crippen LogP contribution >= 0.6 is 23.2 Å². The zero-order valence-electron chi connectivity index (χ0n) is 6.89. The van der Waals surface area contributed by atoms with Crippen molar-refractivity contribution in [3.05, 3.63) is 21.7 Å². The third kappa shape index (κ3) is 2.00. The van der Waals surface area contributed by atoms with Crippen molar-refractivity contribution in [3.63, 3.8) is 0 Å². The number of benzene rings is 1. The Kier molecular flexibility index (Phi) is 3.11. The van der Waals surface area contributed by atoms with Gasteiger partial charge in [-0.15, -0.1) is 0 Å². The first-order chi connectivity index (χ1) is 6.68. The average molecular weight is 277 g/mol. The molecule has 1 aromatic carbocycles. The molecule has 0 fully saturated rings. The van der Waals surface area contributed by atoms with Crippen LogP contribution in [0.25, 0.3) is 0 Å². The van der Waals surface area contributed by atoms with E-state index < -0.39 is 42.3 Å². The van der Waals surface area contributed by atoms with E-state index in [1.54, 1.807) is 0 Å². The molecule has 0 aliphatic rings. The van der Waals surface area contributed by atoms with Gasteiger partial charge in [0.15, 0.2) is 16.5 Å². The van der Waals surface area contributed by atoms with Crippen molar-refractivity contribution in [2.75, 3.05) is 5.73 Å². The number of nitrogen functional groups attached to an aromatic ring is 1. The van der Waals surface area contributed by atoms with Gasteiger partial charge in [-0.3, -0.25) is 0 Å². The first-order valence-electron chi connectivity index (χ1n) is 3.32. The molecule has 0 aliphatic carbocycles. The summed E-state index contributed by atoms with van der Waals surface area (Å²) in [4.78, 5) is -1.40. The fourth-order valence-electron chi connectivity index (χ4n) is 0.878. The van der Waals surface area contributed by atoms with Gasteiger partial charge in [-0.1, -0.05) is 23.2 Å². The van der Waals surface area contributed by atoms with Crippen molar-refractivity contribution in [1.29, 1.82) is 0 Å². The van der Waals surface area contributed by atoms with Crippen molar-refractivity contribution in [2.24, 2.45) is 5.14 Å². The number of halogens is 4. The van der Waals surface area contributed by atoms with E-state index in [9.17, 15) is 17.2 Å². The number of hydrogen-bond donors (Lipinski definition) is 2. The lowest BCUT2D eigenvalue weighted by atomic mass is 10.3. The molecule has 4 nitrogen and oxygen atoms in total. The van der Waals surface area contributed by atoms with Gasteiger partial charge < -0.3 is 5.73 Å². The van der Waals surface area contributed by atoms with Gasteiger partial charge in [-0.05, 0) is 0 Å². The summed E-state index contributed by atoms with van der Waals surface area (Å²) in [6.07, 6.45) is 0. The highest BCUT2D eigenvalue weighted by molar-refractivity contribution is 7.89. The van der Waals surface area contributed by atoms with Crippen molar-refractivity contribution >= 4 is 38.9 Å². The van der Waals surface area contributed by atoms with Crippen molar-refractivity contribution in [2.45, 2.75) is 4.90 Å². The Balaban J connectivity index is 3.84. The fraction of sp³-hybridized carbons (Fsp3) is 0. The predicted octanol–water partition coefficient (Wildman–Crippen LogP) is 1.50. The molecule has 0 amide bonds. The minimum atomic E-state index is -4.60. The van der Waals surface area contributed by atoms with Gasteiger partial charge in [0.2, 0.25) is 10.0 Å². The van der Waals surface area contributed by atoms with E-state index in [0.29, 0.717) is 0 Å². The molecule has 0 aromatic heterocycles.